The first-order valence-corrected chi connectivity index (χ1v) is 11.8. The Balaban J connectivity index is 1.70. The van der Waals surface area contributed by atoms with Crippen molar-refractivity contribution in [1.29, 1.82) is 0 Å². The van der Waals surface area contributed by atoms with Crippen LogP contribution < -0.4 is 0 Å². The van der Waals surface area contributed by atoms with Gasteiger partial charge in [0, 0.05) is 16.5 Å². The van der Waals surface area contributed by atoms with E-state index in [1.54, 1.807) is 0 Å². The first-order valence-electron chi connectivity index (χ1n) is 11.8. The second-order valence-corrected chi connectivity index (χ2v) is 10.2. The van der Waals surface area contributed by atoms with Gasteiger partial charge in [0.2, 0.25) is 0 Å². The van der Waals surface area contributed by atoms with Gasteiger partial charge >= 0.3 is 0 Å². The van der Waals surface area contributed by atoms with Gasteiger partial charge in [-0.15, -0.1) is 0 Å². The fraction of sp³-hybridized carbons (Fsp3) is 0.290. The highest BCUT2D eigenvalue weighted by Crippen LogP contribution is 2.43. The number of hydrogen-bond donors (Lipinski definition) is 0. The third-order valence-electron chi connectivity index (χ3n) is 7.33. The fourth-order valence-electron chi connectivity index (χ4n) is 5.70. The van der Waals surface area contributed by atoms with Gasteiger partial charge in [0.1, 0.15) is 0 Å². The number of aromatic nitrogens is 1. The van der Waals surface area contributed by atoms with Crippen molar-refractivity contribution in [2.45, 2.75) is 59.3 Å². The highest BCUT2D eigenvalue weighted by molar-refractivity contribution is 5.94. The summed E-state index contributed by atoms with van der Waals surface area (Å²) in [5, 5.41) is 1.44. The van der Waals surface area contributed by atoms with Crippen LogP contribution in [0.4, 0.5) is 0 Å². The van der Waals surface area contributed by atoms with E-state index >= 15 is 0 Å². The lowest BCUT2D eigenvalue weighted by atomic mass is 9.78. The minimum absolute atomic E-state index is 0.0316. The zero-order valence-electron chi connectivity index (χ0n) is 20.2. The maximum absolute atomic E-state index is 2.49. The van der Waals surface area contributed by atoms with Crippen LogP contribution in [0.5, 0.6) is 0 Å². The zero-order valence-corrected chi connectivity index (χ0v) is 20.2. The Hall–Kier alpha value is -3.06. The molecule has 1 unspecified atom stereocenters. The number of allylic oxidation sites excluding steroid dienone is 1. The van der Waals surface area contributed by atoms with Crippen LogP contribution in [0.1, 0.15) is 73.5 Å². The van der Waals surface area contributed by atoms with Crippen LogP contribution in [0.2, 0.25) is 0 Å². The van der Waals surface area contributed by atoms with Gasteiger partial charge < -0.3 is 4.57 Å². The lowest BCUT2D eigenvalue weighted by molar-refractivity contribution is 0.640. The summed E-state index contributed by atoms with van der Waals surface area (Å²) < 4.78 is 2.49. The summed E-state index contributed by atoms with van der Waals surface area (Å²) in [7, 11) is 0. The molecule has 0 aliphatic heterocycles. The highest BCUT2D eigenvalue weighted by atomic mass is 15.0. The molecule has 0 saturated carbocycles. The van der Waals surface area contributed by atoms with Gasteiger partial charge in [0.05, 0.1) is 11.2 Å². The van der Waals surface area contributed by atoms with Crippen LogP contribution in [0.15, 0.2) is 72.3 Å². The lowest BCUT2D eigenvalue weighted by Crippen LogP contribution is -2.18. The molecule has 1 nitrogen and oxygen atoms in total. The van der Waals surface area contributed by atoms with Crippen molar-refractivity contribution in [2.75, 3.05) is 0 Å². The smallest absolute Gasteiger partial charge is 0.0543 e. The van der Waals surface area contributed by atoms with Crippen molar-refractivity contribution in [1.82, 2.24) is 4.57 Å². The number of fused-ring (bicyclic) bond motifs is 3. The largest absolute Gasteiger partial charge is 0.310 e. The number of hydrogen-bond acceptors (Lipinski definition) is 0. The summed E-state index contributed by atoms with van der Waals surface area (Å²) in [6.07, 6.45) is 3.55. The van der Waals surface area contributed by atoms with E-state index in [9.17, 15) is 0 Å². The Bertz CT molecular complexity index is 1330. The minimum Gasteiger partial charge on any atom is -0.310 e. The molecule has 0 amide bonds. The van der Waals surface area contributed by atoms with Crippen LogP contribution in [-0.4, -0.2) is 4.57 Å². The zero-order chi connectivity index (χ0) is 22.6. The van der Waals surface area contributed by atoms with Gasteiger partial charge in [0.25, 0.3) is 0 Å². The Kier molecular flexibility index (Phi) is 4.89. The second-order valence-electron chi connectivity index (χ2n) is 10.2. The summed E-state index contributed by atoms with van der Waals surface area (Å²) in [4.78, 5) is 0. The number of rotatable bonds is 3. The average Bonchev–Trinajstić information content (AvgIpc) is 3.08. The summed E-state index contributed by atoms with van der Waals surface area (Å²) >= 11 is 0. The molecule has 1 heterocycles. The number of aryl methyl sites for hydroxylation is 2. The normalized spacial score (nSPS) is 16.2. The lowest BCUT2D eigenvalue weighted by Gasteiger charge is -2.26. The summed E-state index contributed by atoms with van der Waals surface area (Å²) in [5.41, 5.74) is 12.3. The molecule has 5 rings (SSSR count). The van der Waals surface area contributed by atoms with E-state index in [1.165, 1.54) is 55.7 Å². The molecule has 3 aromatic carbocycles. The van der Waals surface area contributed by atoms with E-state index in [0.717, 1.165) is 6.42 Å². The van der Waals surface area contributed by atoms with Gasteiger partial charge in [0.15, 0.2) is 0 Å². The highest BCUT2D eigenvalue weighted by Gasteiger charge is 2.27. The SMILES string of the molecule is CC1=Cc2c(c3c(C)cc(C)cc3n2-c2ccc(C(C)(C)c3ccccc3)cc2)C(C)C1. The molecular formula is C31H33N. The van der Waals surface area contributed by atoms with Crippen molar-refractivity contribution < 1.29 is 0 Å². The Morgan fingerprint density at radius 3 is 2.19 bits per heavy atom. The van der Waals surface area contributed by atoms with E-state index in [4.69, 9.17) is 0 Å². The predicted octanol–water partition coefficient (Wildman–Crippen LogP) is 8.48. The van der Waals surface area contributed by atoms with Crippen molar-refractivity contribution in [3.05, 3.63) is 106 Å². The number of nitrogens with zero attached hydrogens (tertiary/aromatic N) is 1. The third-order valence-corrected chi connectivity index (χ3v) is 7.33. The van der Waals surface area contributed by atoms with Crippen molar-refractivity contribution in [3.8, 4) is 5.69 Å². The van der Waals surface area contributed by atoms with Crippen LogP contribution in [0.25, 0.3) is 22.7 Å². The molecule has 1 atom stereocenters. The first kappa shape index (κ1) is 20.8. The van der Waals surface area contributed by atoms with E-state index in [-0.39, 0.29) is 5.41 Å². The van der Waals surface area contributed by atoms with Gasteiger partial charge in [-0.3, -0.25) is 0 Å². The molecule has 4 aromatic rings. The predicted molar refractivity (Wildman–Crippen MR) is 138 cm³/mol. The molecule has 0 bridgehead atoms. The van der Waals surface area contributed by atoms with E-state index in [1.807, 2.05) is 0 Å². The van der Waals surface area contributed by atoms with E-state index < -0.39 is 0 Å². The van der Waals surface area contributed by atoms with Crippen LogP contribution in [0.3, 0.4) is 0 Å². The Morgan fingerprint density at radius 2 is 1.50 bits per heavy atom. The molecule has 32 heavy (non-hydrogen) atoms. The second kappa shape index (κ2) is 7.52. The molecule has 0 fully saturated rings. The van der Waals surface area contributed by atoms with E-state index in [2.05, 4.69) is 119 Å². The molecule has 1 aromatic heterocycles. The van der Waals surface area contributed by atoms with Crippen molar-refractivity contribution in [2.24, 2.45) is 0 Å². The molecule has 162 valence electrons. The summed E-state index contributed by atoms with van der Waals surface area (Å²) in [6, 6.07) is 24.7. The molecule has 1 aliphatic carbocycles. The standard InChI is InChI=1S/C31H33N/c1-20-16-22(3)29-27(18-20)32(28-19-21(2)17-23(4)30(28)29)26-14-12-25(13-15-26)31(5,6)24-10-8-7-9-11-24/h7-16,18-19,23H,17H2,1-6H3. The molecule has 0 saturated heterocycles. The summed E-state index contributed by atoms with van der Waals surface area (Å²) in [5.74, 6) is 0.538. The molecule has 1 heteroatoms. The molecule has 0 radical (unpaired) electrons. The number of benzene rings is 3. The third kappa shape index (κ3) is 3.23. The Morgan fingerprint density at radius 1 is 0.844 bits per heavy atom. The monoisotopic (exact) mass is 419 g/mol. The maximum atomic E-state index is 2.49. The molecule has 0 spiro atoms. The topological polar surface area (TPSA) is 4.93 Å². The van der Waals surface area contributed by atoms with Crippen molar-refractivity contribution in [3.63, 3.8) is 0 Å². The van der Waals surface area contributed by atoms with Gasteiger partial charge in [-0.1, -0.05) is 74.9 Å². The van der Waals surface area contributed by atoms with Crippen LogP contribution >= 0.6 is 0 Å². The van der Waals surface area contributed by atoms with Gasteiger partial charge in [-0.05, 0) is 85.2 Å². The van der Waals surface area contributed by atoms with Gasteiger partial charge in [-0.2, -0.15) is 0 Å². The molecular weight excluding hydrogens is 386 g/mol. The maximum Gasteiger partial charge on any atom is 0.0543 e. The average molecular weight is 420 g/mol. The molecule has 0 N–H and O–H groups in total. The minimum atomic E-state index is -0.0316. The van der Waals surface area contributed by atoms with E-state index in [0.29, 0.717) is 5.92 Å². The molecule has 1 aliphatic rings. The van der Waals surface area contributed by atoms with Crippen molar-refractivity contribution >= 4 is 17.0 Å². The van der Waals surface area contributed by atoms with Gasteiger partial charge in [-0.25, -0.2) is 0 Å². The summed E-state index contributed by atoms with van der Waals surface area (Å²) in [6.45, 7) is 13.7. The van der Waals surface area contributed by atoms with Crippen LogP contribution in [-0.2, 0) is 5.41 Å². The van der Waals surface area contributed by atoms with Crippen LogP contribution in [0, 0.1) is 13.8 Å². The quantitative estimate of drug-likeness (QED) is 0.314. The first-order chi connectivity index (χ1) is 15.3. The Labute approximate surface area is 192 Å². The fourth-order valence-corrected chi connectivity index (χ4v) is 5.70.